The van der Waals surface area contributed by atoms with Gasteiger partial charge in [-0.3, -0.25) is 4.99 Å². The van der Waals surface area contributed by atoms with Gasteiger partial charge in [-0.05, 0) is 24.5 Å². The Bertz CT molecular complexity index is 690. The molecule has 2 N–H and O–H groups in total. The molecule has 0 saturated heterocycles. The van der Waals surface area contributed by atoms with Gasteiger partial charge in [0.2, 0.25) is 0 Å². The molecule has 0 saturated carbocycles. The smallest absolute Gasteiger partial charge is 0.191 e. The van der Waals surface area contributed by atoms with E-state index >= 15 is 0 Å². The van der Waals surface area contributed by atoms with Gasteiger partial charge in [-0.1, -0.05) is 31.2 Å². The van der Waals surface area contributed by atoms with Crippen LogP contribution in [0.3, 0.4) is 0 Å². The van der Waals surface area contributed by atoms with E-state index in [0.717, 1.165) is 50.8 Å². The zero-order valence-electron chi connectivity index (χ0n) is 14.5. The fourth-order valence-electron chi connectivity index (χ4n) is 3.10. The second-order valence-electron chi connectivity index (χ2n) is 6.04. The molecule has 0 radical (unpaired) electrons. The highest BCUT2D eigenvalue weighted by molar-refractivity contribution is 5.79. The van der Waals surface area contributed by atoms with Gasteiger partial charge in [-0.25, -0.2) is 0 Å². The third-order valence-corrected chi connectivity index (χ3v) is 4.43. The number of aryl methyl sites for hydroxylation is 1. The van der Waals surface area contributed by atoms with Gasteiger partial charge >= 0.3 is 0 Å². The van der Waals surface area contributed by atoms with E-state index in [0.29, 0.717) is 5.92 Å². The van der Waals surface area contributed by atoms with Crippen molar-refractivity contribution in [1.29, 1.82) is 0 Å². The summed E-state index contributed by atoms with van der Waals surface area (Å²) in [6.07, 6.45) is 3.82. The van der Waals surface area contributed by atoms with Crippen LogP contribution in [0.15, 0.2) is 35.6 Å². The zero-order chi connectivity index (χ0) is 16.8. The Hall–Kier alpha value is -2.37. The molecule has 1 aliphatic rings. The van der Waals surface area contributed by atoms with Crippen LogP contribution in [0.2, 0.25) is 0 Å². The number of guanidine groups is 1. The lowest BCUT2D eigenvalue weighted by Crippen LogP contribution is -2.39. The van der Waals surface area contributed by atoms with E-state index in [2.05, 4.69) is 63.5 Å². The summed E-state index contributed by atoms with van der Waals surface area (Å²) in [6, 6.07) is 8.66. The van der Waals surface area contributed by atoms with Crippen molar-refractivity contribution in [2.75, 3.05) is 19.6 Å². The first kappa shape index (κ1) is 16.5. The molecule has 1 aromatic heterocycles. The first-order valence-corrected chi connectivity index (χ1v) is 8.78. The van der Waals surface area contributed by atoms with Crippen LogP contribution in [0.5, 0.6) is 0 Å². The number of hydrogen-bond acceptors (Lipinski definition) is 3. The van der Waals surface area contributed by atoms with Gasteiger partial charge < -0.3 is 15.2 Å². The van der Waals surface area contributed by atoms with Crippen LogP contribution in [0.1, 0.15) is 36.7 Å². The standard InChI is InChI=1S/C18H26N6/c1-3-17-23-22-13-24(17)10-9-20-18(19-4-2)21-12-15-11-14-7-5-6-8-16(14)15/h5-8,13,15H,3-4,9-12H2,1-2H3,(H2,19,20,21). The lowest BCUT2D eigenvalue weighted by Gasteiger charge is -2.29. The minimum Gasteiger partial charge on any atom is -0.357 e. The molecule has 1 aromatic carbocycles. The molecular formula is C18H26N6. The van der Waals surface area contributed by atoms with Crippen molar-refractivity contribution in [2.45, 2.75) is 39.2 Å². The average Bonchev–Trinajstić information content (AvgIpc) is 3.03. The van der Waals surface area contributed by atoms with E-state index in [4.69, 9.17) is 4.99 Å². The van der Waals surface area contributed by atoms with Crippen LogP contribution in [0.25, 0.3) is 0 Å². The number of fused-ring (bicyclic) bond motifs is 1. The van der Waals surface area contributed by atoms with Crippen LogP contribution < -0.4 is 10.6 Å². The number of nitrogens with one attached hydrogen (secondary N) is 2. The number of aliphatic imine (C=N–C) groups is 1. The summed E-state index contributed by atoms with van der Waals surface area (Å²) in [6.45, 7) is 7.52. The van der Waals surface area contributed by atoms with E-state index < -0.39 is 0 Å². The minimum atomic E-state index is 0.557. The molecule has 0 bridgehead atoms. The van der Waals surface area contributed by atoms with Crippen LogP contribution in [-0.4, -0.2) is 40.4 Å². The summed E-state index contributed by atoms with van der Waals surface area (Å²) in [5.41, 5.74) is 2.92. The number of rotatable bonds is 7. The molecule has 6 nitrogen and oxygen atoms in total. The van der Waals surface area contributed by atoms with Gasteiger partial charge in [0.15, 0.2) is 5.96 Å². The summed E-state index contributed by atoms with van der Waals surface area (Å²) in [5, 5.41) is 14.8. The van der Waals surface area contributed by atoms with Crippen LogP contribution in [0.4, 0.5) is 0 Å². The van der Waals surface area contributed by atoms with Gasteiger partial charge in [0.05, 0.1) is 0 Å². The molecule has 24 heavy (non-hydrogen) atoms. The predicted molar refractivity (Wildman–Crippen MR) is 96.3 cm³/mol. The van der Waals surface area contributed by atoms with Gasteiger partial charge in [-0.15, -0.1) is 10.2 Å². The van der Waals surface area contributed by atoms with E-state index in [1.54, 1.807) is 6.33 Å². The second-order valence-corrected chi connectivity index (χ2v) is 6.04. The molecular weight excluding hydrogens is 300 g/mol. The molecule has 2 aromatic rings. The average molecular weight is 326 g/mol. The van der Waals surface area contributed by atoms with Gasteiger partial charge in [-0.2, -0.15) is 0 Å². The fraction of sp³-hybridized carbons (Fsp3) is 0.500. The van der Waals surface area contributed by atoms with Crippen LogP contribution >= 0.6 is 0 Å². The molecule has 6 heteroatoms. The molecule has 0 fully saturated rings. The van der Waals surface area contributed by atoms with Crippen LogP contribution in [0, 0.1) is 0 Å². The van der Waals surface area contributed by atoms with Gasteiger partial charge in [0.25, 0.3) is 0 Å². The molecule has 0 aliphatic heterocycles. The van der Waals surface area contributed by atoms with Crippen molar-refractivity contribution in [3.63, 3.8) is 0 Å². The number of nitrogens with zero attached hydrogens (tertiary/aromatic N) is 4. The maximum Gasteiger partial charge on any atom is 0.191 e. The fourth-order valence-corrected chi connectivity index (χ4v) is 3.10. The van der Waals surface area contributed by atoms with E-state index in [1.165, 1.54) is 11.1 Å². The van der Waals surface area contributed by atoms with E-state index in [-0.39, 0.29) is 0 Å². The van der Waals surface area contributed by atoms with Crippen molar-refractivity contribution < 1.29 is 0 Å². The quantitative estimate of drug-likeness (QED) is 0.601. The topological polar surface area (TPSA) is 67.1 Å². The highest BCUT2D eigenvalue weighted by Crippen LogP contribution is 2.34. The maximum absolute atomic E-state index is 4.75. The second kappa shape index (κ2) is 7.95. The summed E-state index contributed by atoms with van der Waals surface area (Å²) in [5.74, 6) is 2.46. The maximum atomic E-state index is 4.75. The van der Waals surface area contributed by atoms with Gasteiger partial charge in [0.1, 0.15) is 12.2 Å². The Morgan fingerprint density at radius 3 is 2.96 bits per heavy atom. The lowest BCUT2D eigenvalue weighted by molar-refractivity contribution is 0.607. The molecule has 3 rings (SSSR count). The Kier molecular flexibility index (Phi) is 5.46. The zero-order valence-corrected chi connectivity index (χ0v) is 14.5. The molecule has 0 spiro atoms. The first-order valence-electron chi connectivity index (χ1n) is 8.78. The summed E-state index contributed by atoms with van der Waals surface area (Å²) in [4.78, 5) is 4.75. The van der Waals surface area contributed by atoms with Gasteiger partial charge in [0, 0.05) is 38.5 Å². The molecule has 1 unspecified atom stereocenters. The molecule has 0 amide bonds. The monoisotopic (exact) mass is 326 g/mol. The Morgan fingerprint density at radius 1 is 1.29 bits per heavy atom. The van der Waals surface area contributed by atoms with Crippen LogP contribution in [-0.2, 0) is 19.4 Å². The Morgan fingerprint density at radius 2 is 2.17 bits per heavy atom. The Balaban J connectivity index is 1.51. The lowest BCUT2D eigenvalue weighted by atomic mass is 9.78. The highest BCUT2D eigenvalue weighted by Gasteiger charge is 2.24. The van der Waals surface area contributed by atoms with Crippen molar-refractivity contribution in [2.24, 2.45) is 4.99 Å². The molecule has 1 heterocycles. The van der Waals surface area contributed by atoms with E-state index in [9.17, 15) is 0 Å². The first-order chi connectivity index (χ1) is 11.8. The van der Waals surface area contributed by atoms with Crippen molar-refractivity contribution >= 4 is 5.96 Å². The SMILES string of the molecule is CCNC(=NCC1Cc2ccccc21)NCCn1cnnc1CC. The largest absolute Gasteiger partial charge is 0.357 e. The van der Waals surface area contributed by atoms with E-state index in [1.807, 2.05) is 0 Å². The molecule has 1 atom stereocenters. The Labute approximate surface area is 143 Å². The summed E-state index contributed by atoms with van der Waals surface area (Å²) in [7, 11) is 0. The molecule has 128 valence electrons. The molecule has 1 aliphatic carbocycles. The predicted octanol–water partition coefficient (Wildman–Crippen LogP) is 1.74. The van der Waals surface area contributed by atoms with Crippen molar-refractivity contribution in [3.05, 3.63) is 47.5 Å². The van der Waals surface area contributed by atoms with Crippen molar-refractivity contribution in [3.8, 4) is 0 Å². The van der Waals surface area contributed by atoms with Crippen molar-refractivity contribution in [1.82, 2.24) is 25.4 Å². The number of aromatic nitrogens is 3. The highest BCUT2D eigenvalue weighted by atomic mass is 15.3. The summed E-state index contributed by atoms with van der Waals surface area (Å²) < 4.78 is 2.08. The number of benzene rings is 1. The third-order valence-electron chi connectivity index (χ3n) is 4.43. The minimum absolute atomic E-state index is 0.557. The normalized spacial score (nSPS) is 16.4. The summed E-state index contributed by atoms with van der Waals surface area (Å²) >= 11 is 0. The third kappa shape index (κ3) is 3.75. The number of hydrogen-bond donors (Lipinski definition) is 2.